The van der Waals surface area contributed by atoms with E-state index in [0.717, 1.165) is 47.9 Å². The van der Waals surface area contributed by atoms with Gasteiger partial charge in [-0.05, 0) is 36.4 Å². The summed E-state index contributed by atoms with van der Waals surface area (Å²) in [5.74, 6) is -66.6. The molecule has 0 aliphatic carbocycles. The van der Waals surface area contributed by atoms with Crippen LogP contribution in [0.15, 0.2) is 164 Å². The van der Waals surface area contributed by atoms with E-state index in [2.05, 4.69) is 36.4 Å². The molecule has 10 rings (SSSR count). The van der Waals surface area contributed by atoms with Crippen molar-refractivity contribution in [2.24, 2.45) is 0 Å². The standard InChI is InChI=1S/C54H63O12Se.C24BF20/c1-4-16-46(17-5-1)61-40-34-55-28-31-58-37-43-64-49-22-10-13-25-52(49)67(53-26-14-11-23-50(53)65-44-38-59-32-29-56-35-41-62-47-18-6-2-7-19-47)54-27-15-12-24-51(54)66-45-39-60-33-30-57-36-42-63-48-20-8-3-9-21-48;26-5-1(6(27)14(35)21(42)13(5)34)25(2-7(28)15(36)22(43)16(37)8(2)29,3-9(30)17(38)23(44)18(39)10(3)31)4-11(32)19(40)24(45)20(41)12(4)33/h1-27H,28-45H2;/q+1;-1. The van der Waals surface area contributed by atoms with E-state index >= 15 is 35.1 Å². The van der Waals surface area contributed by atoms with Gasteiger partial charge in [-0.15, -0.1) is 21.9 Å². The molecular weight excluding hydrogens is 1600 g/mol. The van der Waals surface area contributed by atoms with Crippen molar-refractivity contribution < 1.29 is 145 Å². The predicted molar refractivity (Wildman–Crippen MR) is 370 cm³/mol. The Morgan fingerprint density at radius 3 is 0.545 bits per heavy atom. The van der Waals surface area contributed by atoms with E-state index in [4.69, 9.17) is 56.8 Å². The van der Waals surface area contributed by atoms with Crippen LogP contribution < -0.4 is 63.7 Å². The summed E-state index contributed by atoms with van der Waals surface area (Å²) in [5.41, 5.74) is -14.3. The Bertz CT molecular complexity index is 4120. The van der Waals surface area contributed by atoms with Crippen LogP contribution in [0.1, 0.15) is 0 Å². The second-order valence-corrected chi connectivity index (χ2v) is 27.2. The zero-order valence-corrected chi connectivity index (χ0v) is 60.0. The average Bonchev–Trinajstić information content (AvgIpc) is 0.680. The maximum atomic E-state index is 15.4. The fourth-order valence-electron chi connectivity index (χ4n) is 11.2. The van der Waals surface area contributed by atoms with Crippen LogP contribution in [0.25, 0.3) is 0 Å². The SMILES string of the molecule is Fc1c(F)c(F)c([B-](c2c(F)c(F)c(F)c(F)c2F)(c2c(F)c(F)c(F)c(F)c2F)c2c(F)c(F)c(F)c(F)c2F)c(F)c1F.c1ccc(OCCOCCOCCOc2ccccc2[Se+](c2ccccc2OCCOCCOCCOc2ccccc2)c2ccccc2OCCOCCOCCOc2ccccc2)cc1. The van der Waals surface area contributed by atoms with Gasteiger partial charge in [-0.1, -0.05) is 54.6 Å². The molecule has 0 unspecified atom stereocenters. The zero-order valence-electron chi connectivity index (χ0n) is 58.3. The summed E-state index contributed by atoms with van der Waals surface area (Å²) < 4.78 is 368. The molecule has 0 spiro atoms. The number of benzene rings is 10. The molecule has 0 atom stereocenters. The minimum absolute atomic E-state index is 0.367. The van der Waals surface area contributed by atoms with Gasteiger partial charge < -0.3 is 0 Å². The molecule has 10 aromatic carbocycles. The van der Waals surface area contributed by atoms with Crippen molar-refractivity contribution in [3.63, 3.8) is 0 Å². The number of rotatable bonds is 40. The molecule has 0 saturated heterocycles. The Labute approximate surface area is 630 Å². The van der Waals surface area contributed by atoms with Crippen molar-refractivity contribution in [2.75, 3.05) is 119 Å². The van der Waals surface area contributed by atoms with Gasteiger partial charge in [0.05, 0.1) is 0 Å². The van der Waals surface area contributed by atoms with Gasteiger partial charge in [0.25, 0.3) is 0 Å². The maximum absolute atomic E-state index is 15.4. The molecule has 0 radical (unpaired) electrons. The van der Waals surface area contributed by atoms with Crippen LogP contribution in [-0.2, 0) is 28.4 Å². The van der Waals surface area contributed by atoms with Gasteiger partial charge >= 0.3 is 293 Å². The molecule has 112 heavy (non-hydrogen) atoms. The molecule has 0 fully saturated rings. The van der Waals surface area contributed by atoms with Crippen LogP contribution in [0, 0.1) is 116 Å². The molecule has 0 amide bonds. The van der Waals surface area contributed by atoms with E-state index < -0.39 is 158 Å². The molecule has 596 valence electrons. The van der Waals surface area contributed by atoms with E-state index in [1.165, 1.54) is 0 Å². The number of para-hydroxylation sites is 6. The molecule has 0 N–H and O–H groups in total. The molecular formula is C78H63BF20O12Se. The van der Waals surface area contributed by atoms with Crippen LogP contribution >= 0.6 is 0 Å². The Morgan fingerprint density at radius 2 is 0.339 bits per heavy atom. The van der Waals surface area contributed by atoms with Crippen LogP contribution in [0.2, 0.25) is 0 Å². The van der Waals surface area contributed by atoms with Gasteiger partial charge in [-0.25, -0.2) is 87.8 Å². The molecule has 0 aliphatic rings. The second kappa shape index (κ2) is 42.0. The van der Waals surface area contributed by atoms with Crippen molar-refractivity contribution >= 4 is 55.3 Å². The summed E-state index contributed by atoms with van der Waals surface area (Å²) in [6.45, 7) is 7.90. The summed E-state index contributed by atoms with van der Waals surface area (Å²) in [7, 11) is 0. The molecule has 0 bridgehead atoms. The van der Waals surface area contributed by atoms with Crippen molar-refractivity contribution in [3.8, 4) is 34.5 Å². The Balaban J connectivity index is 0.000000278. The summed E-state index contributed by atoms with van der Waals surface area (Å²) in [6.07, 6.45) is -7.22. The van der Waals surface area contributed by atoms with Gasteiger partial charge in [-0.3, -0.25) is 0 Å². The summed E-state index contributed by atoms with van der Waals surface area (Å²) in [5, 5.41) is 0. The summed E-state index contributed by atoms with van der Waals surface area (Å²) in [4.78, 5) is 0. The first-order chi connectivity index (χ1) is 54.1. The third kappa shape index (κ3) is 20.6. The molecule has 0 aromatic heterocycles. The molecule has 0 heterocycles. The van der Waals surface area contributed by atoms with Crippen LogP contribution in [0.3, 0.4) is 0 Å². The third-order valence-corrected chi connectivity index (χ3v) is 21.1. The van der Waals surface area contributed by atoms with E-state index in [-0.39, 0.29) is 0 Å². The van der Waals surface area contributed by atoms with Crippen LogP contribution in [0.4, 0.5) is 87.8 Å². The van der Waals surface area contributed by atoms with E-state index in [0.29, 0.717) is 119 Å². The van der Waals surface area contributed by atoms with Gasteiger partial charge in [-0.2, -0.15) is 0 Å². The predicted octanol–water partition coefficient (Wildman–Crippen LogP) is 12.5. The van der Waals surface area contributed by atoms with Gasteiger partial charge in [0.15, 0.2) is 69.8 Å². The van der Waals surface area contributed by atoms with E-state index in [1.54, 1.807) is 0 Å². The second-order valence-electron chi connectivity index (χ2n) is 23.2. The van der Waals surface area contributed by atoms with E-state index in [9.17, 15) is 52.7 Å². The zero-order chi connectivity index (χ0) is 80.4. The Kier molecular flexibility index (Phi) is 32.2. The Hall–Kier alpha value is -10.1. The van der Waals surface area contributed by atoms with Crippen molar-refractivity contribution in [2.45, 2.75) is 0 Å². The van der Waals surface area contributed by atoms with Gasteiger partial charge in [0.1, 0.15) is 69.9 Å². The monoisotopic (exact) mass is 1660 g/mol. The topological polar surface area (TPSA) is 111 Å². The quantitative estimate of drug-likeness (QED) is 0.0120. The summed E-state index contributed by atoms with van der Waals surface area (Å²) >= 11 is -2.13. The number of hydrogen-bond donors (Lipinski definition) is 0. The molecule has 0 aliphatic heterocycles. The van der Waals surface area contributed by atoms with Crippen molar-refractivity contribution in [1.82, 2.24) is 0 Å². The third-order valence-electron chi connectivity index (χ3n) is 16.2. The number of hydrogen-bond acceptors (Lipinski definition) is 12. The molecule has 34 heteroatoms. The summed E-state index contributed by atoms with van der Waals surface area (Å²) in [6, 6.07) is 53.7. The molecule has 12 nitrogen and oxygen atoms in total. The molecule has 0 saturated carbocycles. The van der Waals surface area contributed by atoms with Crippen LogP contribution in [0.5, 0.6) is 34.5 Å². The molecule has 10 aromatic rings. The fourth-order valence-corrected chi connectivity index (χ4v) is 16.2. The smallest absolute Gasteiger partial charge is 0.0620 e. The van der Waals surface area contributed by atoms with E-state index in [1.807, 2.05) is 127 Å². The first-order valence-corrected chi connectivity index (χ1v) is 36.3. The first kappa shape index (κ1) is 85.9. The Morgan fingerprint density at radius 1 is 0.179 bits per heavy atom. The van der Waals surface area contributed by atoms with Crippen LogP contribution in [-0.4, -0.2) is 139 Å². The van der Waals surface area contributed by atoms with Gasteiger partial charge in [0, 0.05) is 0 Å². The number of ether oxygens (including phenoxy) is 12. The average molecular weight is 1660 g/mol. The minimum atomic E-state index is -7.22. The number of halogens is 20. The van der Waals surface area contributed by atoms with Gasteiger partial charge in [0.2, 0.25) is 0 Å². The van der Waals surface area contributed by atoms with Crippen molar-refractivity contribution in [3.05, 3.63) is 280 Å². The normalized spacial score (nSPS) is 11.4. The van der Waals surface area contributed by atoms with Crippen molar-refractivity contribution in [1.29, 1.82) is 0 Å². The minimum Gasteiger partial charge on any atom is -0.0620 e. The fraction of sp³-hybridized carbons (Fsp3) is 0.231. The first-order valence-electron chi connectivity index (χ1n) is 33.7.